The minimum absolute atomic E-state index is 0.0755. The van der Waals surface area contributed by atoms with Gasteiger partial charge in [0.2, 0.25) is 11.8 Å². The standard InChI is InChI=1S/C16H15BrN2O2S/c1-11-8-9-22-14(11)6-7-15(20)18-10-16(21)19-13-5-3-2-4-12(13)17/h2-9H,10H2,1H3,(H,18,20)(H,19,21)/b7-6+. The SMILES string of the molecule is Cc1ccsc1/C=C/C(=O)NCC(=O)Nc1ccccc1Br. The second-order valence-electron chi connectivity index (χ2n) is 4.55. The van der Waals surface area contributed by atoms with Crippen LogP contribution in [0.5, 0.6) is 0 Å². The molecule has 0 radical (unpaired) electrons. The van der Waals surface area contributed by atoms with Gasteiger partial charge in [-0.2, -0.15) is 0 Å². The molecule has 0 fully saturated rings. The number of hydrogen-bond donors (Lipinski definition) is 2. The van der Waals surface area contributed by atoms with E-state index in [2.05, 4.69) is 26.6 Å². The van der Waals surface area contributed by atoms with Crippen molar-refractivity contribution in [3.8, 4) is 0 Å². The Morgan fingerprint density at radius 1 is 1.27 bits per heavy atom. The Morgan fingerprint density at radius 2 is 2.05 bits per heavy atom. The van der Waals surface area contributed by atoms with Crippen molar-refractivity contribution in [3.63, 3.8) is 0 Å². The van der Waals surface area contributed by atoms with Gasteiger partial charge in [-0.25, -0.2) is 0 Å². The molecule has 0 spiro atoms. The molecular formula is C16H15BrN2O2S. The number of aryl methyl sites for hydroxylation is 1. The van der Waals surface area contributed by atoms with E-state index in [1.165, 1.54) is 6.08 Å². The van der Waals surface area contributed by atoms with Gasteiger partial charge < -0.3 is 10.6 Å². The average Bonchev–Trinajstić information content (AvgIpc) is 2.91. The summed E-state index contributed by atoms with van der Waals surface area (Å²) in [5.74, 6) is -0.573. The molecular weight excluding hydrogens is 364 g/mol. The van der Waals surface area contributed by atoms with Gasteiger partial charge in [0.15, 0.2) is 0 Å². The van der Waals surface area contributed by atoms with Crippen LogP contribution in [-0.4, -0.2) is 18.4 Å². The van der Waals surface area contributed by atoms with Crippen molar-refractivity contribution in [1.29, 1.82) is 0 Å². The van der Waals surface area contributed by atoms with Crippen LogP contribution in [0.15, 0.2) is 46.3 Å². The van der Waals surface area contributed by atoms with Crippen LogP contribution in [0.25, 0.3) is 6.08 Å². The molecule has 2 amide bonds. The molecule has 0 unspecified atom stereocenters. The second kappa shape index (κ2) is 7.91. The molecule has 0 atom stereocenters. The number of amides is 2. The summed E-state index contributed by atoms with van der Waals surface area (Å²) in [5, 5.41) is 7.25. The highest BCUT2D eigenvalue weighted by Gasteiger charge is 2.06. The molecule has 0 bridgehead atoms. The van der Waals surface area contributed by atoms with Crippen LogP contribution in [0.4, 0.5) is 5.69 Å². The third-order valence-corrected chi connectivity index (χ3v) is 4.53. The molecule has 2 aromatic rings. The lowest BCUT2D eigenvalue weighted by Crippen LogP contribution is -2.31. The highest BCUT2D eigenvalue weighted by atomic mass is 79.9. The van der Waals surface area contributed by atoms with Crippen molar-refractivity contribution in [2.45, 2.75) is 6.92 Å². The highest BCUT2D eigenvalue weighted by molar-refractivity contribution is 9.10. The van der Waals surface area contributed by atoms with Crippen LogP contribution in [0, 0.1) is 6.92 Å². The van der Waals surface area contributed by atoms with E-state index in [0.717, 1.165) is 14.9 Å². The maximum Gasteiger partial charge on any atom is 0.244 e. The average molecular weight is 379 g/mol. The number of carbonyl (C=O) groups excluding carboxylic acids is 2. The molecule has 22 heavy (non-hydrogen) atoms. The molecule has 1 aromatic carbocycles. The van der Waals surface area contributed by atoms with E-state index in [4.69, 9.17) is 0 Å². The second-order valence-corrected chi connectivity index (χ2v) is 6.35. The fourth-order valence-electron chi connectivity index (χ4n) is 1.69. The summed E-state index contributed by atoms with van der Waals surface area (Å²) >= 11 is 4.91. The number of para-hydroxylation sites is 1. The number of thiophene rings is 1. The minimum Gasteiger partial charge on any atom is -0.343 e. The molecule has 6 heteroatoms. The molecule has 2 N–H and O–H groups in total. The lowest BCUT2D eigenvalue weighted by Gasteiger charge is -2.07. The van der Waals surface area contributed by atoms with Gasteiger partial charge in [0, 0.05) is 15.4 Å². The Hall–Kier alpha value is -1.92. The largest absolute Gasteiger partial charge is 0.343 e. The van der Waals surface area contributed by atoms with Gasteiger partial charge in [-0.1, -0.05) is 12.1 Å². The van der Waals surface area contributed by atoms with Gasteiger partial charge in [-0.3, -0.25) is 9.59 Å². The van der Waals surface area contributed by atoms with Gasteiger partial charge in [-0.05, 0) is 58.1 Å². The van der Waals surface area contributed by atoms with Crippen molar-refractivity contribution in [2.24, 2.45) is 0 Å². The van der Waals surface area contributed by atoms with Crippen LogP contribution in [0.3, 0.4) is 0 Å². The number of benzene rings is 1. The molecule has 114 valence electrons. The van der Waals surface area contributed by atoms with E-state index in [-0.39, 0.29) is 18.4 Å². The number of hydrogen-bond acceptors (Lipinski definition) is 3. The van der Waals surface area contributed by atoms with Crippen LogP contribution in [0.2, 0.25) is 0 Å². The van der Waals surface area contributed by atoms with E-state index in [1.807, 2.05) is 36.6 Å². The monoisotopic (exact) mass is 378 g/mol. The number of nitrogens with one attached hydrogen (secondary N) is 2. The van der Waals surface area contributed by atoms with E-state index < -0.39 is 0 Å². The van der Waals surface area contributed by atoms with E-state index in [0.29, 0.717) is 5.69 Å². The smallest absolute Gasteiger partial charge is 0.244 e. The van der Waals surface area contributed by atoms with Crippen molar-refractivity contribution in [1.82, 2.24) is 5.32 Å². The molecule has 4 nitrogen and oxygen atoms in total. The third-order valence-electron chi connectivity index (χ3n) is 2.86. The Morgan fingerprint density at radius 3 is 2.73 bits per heavy atom. The molecule has 0 saturated heterocycles. The summed E-state index contributed by atoms with van der Waals surface area (Å²) in [7, 11) is 0. The Balaban J connectivity index is 1.81. The first-order valence-electron chi connectivity index (χ1n) is 6.60. The van der Waals surface area contributed by atoms with Gasteiger partial charge in [0.25, 0.3) is 0 Å². The molecule has 2 rings (SSSR count). The first-order valence-corrected chi connectivity index (χ1v) is 8.28. The number of halogens is 1. The lowest BCUT2D eigenvalue weighted by molar-refractivity contribution is -0.121. The highest BCUT2D eigenvalue weighted by Crippen LogP contribution is 2.20. The van der Waals surface area contributed by atoms with E-state index in [9.17, 15) is 9.59 Å². The van der Waals surface area contributed by atoms with Crippen molar-refractivity contribution < 1.29 is 9.59 Å². The third kappa shape index (κ3) is 4.82. The zero-order chi connectivity index (χ0) is 15.9. The van der Waals surface area contributed by atoms with Crippen molar-refractivity contribution >= 4 is 50.8 Å². The summed E-state index contributed by atoms with van der Waals surface area (Å²) in [5.41, 5.74) is 1.80. The van der Waals surface area contributed by atoms with Crippen LogP contribution < -0.4 is 10.6 Å². The Labute approximate surface area is 141 Å². The number of anilines is 1. The predicted octanol–water partition coefficient (Wildman–Crippen LogP) is 3.59. The molecule has 0 aliphatic carbocycles. The normalized spacial score (nSPS) is 10.6. The predicted molar refractivity (Wildman–Crippen MR) is 93.9 cm³/mol. The van der Waals surface area contributed by atoms with E-state index >= 15 is 0 Å². The Kier molecular flexibility index (Phi) is 5.91. The molecule has 1 heterocycles. The maximum atomic E-state index is 11.8. The van der Waals surface area contributed by atoms with Crippen LogP contribution in [-0.2, 0) is 9.59 Å². The zero-order valence-corrected chi connectivity index (χ0v) is 14.3. The van der Waals surface area contributed by atoms with Gasteiger partial charge in [-0.15, -0.1) is 11.3 Å². The molecule has 0 saturated carbocycles. The Bertz CT molecular complexity index is 710. The molecule has 0 aliphatic rings. The summed E-state index contributed by atoms with van der Waals surface area (Å²) in [4.78, 5) is 24.5. The zero-order valence-electron chi connectivity index (χ0n) is 11.9. The summed E-state index contributed by atoms with van der Waals surface area (Å²) in [6.45, 7) is 1.91. The lowest BCUT2D eigenvalue weighted by atomic mass is 10.3. The van der Waals surface area contributed by atoms with Gasteiger partial charge >= 0.3 is 0 Å². The fraction of sp³-hybridized carbons (Fsp3) is 0.125. The summed E-state index contributed by atoms with van der Waals surface area (Å²) < 4.78 is 0.794. The van der Waals surface area contributed by atoms with Crippen molar-refractivity contribution in [3.05, 3.63) is 56.7 Å². The number of carbonyl (C=O) groups is 2. The fourth-order valence-corrected chi connectivity index (χ4v) is 2.89. The minimum atomic E-state index is -0.296. The molecule has 1 aromatic heterocycles. The van der Waals surface area contributed by atoms with E-state index in [1.54, 1.807) is 23.5 Å². The summed E-state index contributed by atoms with van der Waals surface area (Å²) in [6, 6.07) is 9.29. The number of rotatable bonds is 5. The quantitative estimate of drug-likeness (QED) is 0.781. The first-order chi connectivity index (χ1) is 10.6. The topological polar surface area (TPSA) is 58.2 Å². The maximum absolute atomic E-state index is 11.8. The van der Waals surface area contributed by atoms with Gasteiger partial charge in [0.1, 0.15) is 0 Å². The first kappa shape index (κ1) is 16.5. The van der Waals surface area contributed by atoms with Crippen molar-refractivity contribution in [2.75, 3.05) is 11.9 Å². The van der Waals surface area contributed by atoms with Crippen LogP contribution in [0.1, 0.15) is 10.4 Å². The van der Waals surface area contributed by atoms with Crippen LogP contribution >= 0.6 is 27.3 Å². The summed E-state index contributed by atoms with van der Waals surface area (Å²) in [6.07, 6.45) is 3.19. The molecule has 0 aliphatic heterocycles. The van der Waals surface area contributed by atoms with Gasteiger partial charge in [0.05, 0.1) is 12.2 Å².